The molecule has 0 heteroatoms. The van der Waals surface area contributed by atoms with Crippen LogP contribution in [0.5, 0.6) is 0 Å². The summed E-state index contributed by atoms with van der Waals surface area (Å²) in [5.41, 5.74) is 0. The standard InChI is InChI=1S/C16H24/c1-2-4-6-8-10-12-14-16-15-13-11-9-7-5-3-1/h1-11,16H2. The fraction of sp³-hybridized carbons (Fsp3) is 0.750. The Labute approximate surface area is 101 Å². The highest BCUT2D eigenvalue weighted by atomic mass is 14.0. The van der Waals surface area contributed by atoms with E-state index >= 15 is 0 Å². The molecule has 0 atom stereocenters. The van der Waals surface area contributed by atoms with Gasteiger partial charge in [0, 0.05) is 12.8 Å². The molecule has 0 nitrogen and oxygen atoms in total. The Kier molecular flexibility index (Phi) is 8.76. The van der Waals surface area contributed by atoms with Crippen molar-refractivity contribution in [3.05, 3.63) is 0 Å². The van der Waals surface area contributed by atoms with E-state index in [0.29, 0.717) is 0 Å². The van der Waals surface area contributed by atoms with Crippen LogP contribution in [0.25, 0.3) is 0 Å². The summed E-state index contributed by atoms with van der Waals surface area (Å²) in [5.74, 6) is 12.7. The van der Waals surface area contributed by atoms with E-state index in [1.807, 2.05) is 0 Å². The second-order valence-electron chi connectivity index (χ2n) is 4.57. The van der Waals surface area contributed by atoms with Crippen molar-refractivity contribution in [1.29, 1.82) is 0 Å². The van der Waals surface area contributed by atoms with Gasteiger partial charge in [0.15, 0.2) is 0 Å². The first kappa shape index (κ1) is 13.2. The van der Waals surface area contributed by atoms with Crippen molar-refractivity contribution in [2.75, 3.05) is 0 Å². The molecule has 0 N–H and O–H groups in total. The van der Waals surface area contributed by atoms with Crippen LogP contribution in [-0.4, -0.2) is 0 Å². The lowest BCUT2D eigenvalue weighted by Crippen LogP contribution is -1.82. The Hall–Kier alpha value is -0.880. The molecule has 0 saturated carbocycles. The molecule has 0 saturated heterocycles. The molecule has 0 aromatic rings. The molecule has 0 heterocycles. The Morgan fingerprint density at radius 2 is 0.750 bits per heavy atom. The Morgan fingerprint density at radius 3 is 1.19 bits per heavy atom. The van der Waals surface area contributed by atoms with Gasteiger partial charge in [-0.05, 0) is 12.8 Å². The lowest BCUT2D eigenvalue weighted by molar-refractivity contribution is 0.563. The maximum absolute atomic E-state index is 3.21. The monoisotopic (exact) mass is 216 g/mol. The van der Waals surface area contributed by atoms with E-state index in [1.165, 1.54) is 57.8 Å². The molecule has 0 radical (unpaired) electrons. The maximum Gasteiger partial charge on any atom is 0.0702 e. The van der Waals surface area contributed by atoms with E-state index in [2.05, 4.69) is 23.7 Å². The van der Waals surface area contributed by atoms with Gasteiger partial charge < -0.3 is 0 Å². The summed E-state index contributed by atoms with van der Waals surface area (Å²) in [7, 11) is 0. The fourth-order valence-electron chi connectivity index (χ4n) is 2.01. The fourth-order valence-corrected chi connectivity index (χ4v) is 2.01. The second kappa shape index (κ2) is 10.6. The number of rotatable bonds is 0. The average Bonchev–Trinajstić information content (AvgIpc) is 2.29. The molecule has 0 fully saturated rings. The van der Waals surface area contributed by atoms with Crippen LogP contribution < -0.4 is 0 Å². The normalized spacial score (nSPS) is 20.0. The van der Waals surface area contributed by atoms with Gasteiger partial charge >= 0.3 is 0 Å². The van der Waals surface area contributed by atoms with Crippen LogP contribution in [-0.2, 0) is 0 Å². The van der Waals surface area contributed by atoms with Crippen LogP contribution in [0.15, 0.2) is 0 Å². The van der Waals surface area contributed by atoms with Gasteiger partial charge in [-0.2, -0.15) is 0 Å². The summed E-state index contributed by atoms with van der Waals surface area (Å²) >= 11 is 0. The Morgan fingerprint density at radius 1 is 0.375 bits per heavy atom. The van der Waals surface area contributed by atoms with Gasteiger partial charge in [0.05, 0.1) is 6.42 Å². The van der Waals surface area contributed by atoms with Crippen molar-refractivity contribution >= 4 is 0 Å². The van der Waals surface area contributed by atoms with Crippen LogP contribution in [0.2, 0.25) is 0 Å². The topological polar surface area (TPSA) is 0 Å². The zero-order chi connectivity index (χ0) is 11.3. The smallest absolute Gasteiger partial charge is 0.0702 e. The van der Waals surface area contributed by atoms with Crippen molar-refractivity contribution in [3.63, 3.8) is 0 Å². The number of hydrogen-bond donors (Lipinski definition) is 0. The molecule has 0 amide bonds. The van der Waals surface area contributed by atoms with Crippen LogP contribution in [0, 0.1) is 23.7 Å². The van der Waals surface area contributed by atoms with Gasteiger partial charge in [0.25, 0.3) is 0 Å². The zero-order valence-corrected chi connectivity index (χ0v) is 10.5. The van der Waals surface area contributed by atoms with Crippen molar-refractivity contribution in [2.24, 2.45) is 0 Å². The van der Waals surface area contributed by atoms with E-state index in [9.17, 15) is 0 Å². The van der Waals surface area contributed by atoms with E-state index in [0.717, 1.165) is 19.3 Å². The lowest BCUT2D eigenvalue weighted by Gasteiger charge is -2.00. The Bertz CT molecular complexity index is 238. The van der Waals surface area contributed by atoms with E-state index in [1.54, 1.807) is 0 Å². The van der Waals surface area contributed by atoms with Crippen LogP contribution in [0.1, 0.15) is 77.0 Å². The first-order chi connectivity index (χ1) is 8.00. The number of hydrogen-bond acceptors (Lipinski definition) is 0. The van der Waals surface area contributed by atoms with Crippen molar-refractivity contribution in [1.82, 2.24) is 0 Å². The molecule has 1 aliphatic carbocycles. The molecule has 0 aromatic carbocycles. The second-order valence-corrected chi connectivity index (χ2v) is 4.57. The van der Waals surface area contributed by atoms with Crippen LogP contribution in [0.4, 0.5) is 0 Å². The van der Waals surface area contributed by atoms with Gasteiger partial charge in [0.1, 0.15) is 0 Å². The van der Waals surface area contributed by atoms with Gasteiger partial charge in [-0.15, -0.1) is 11.8 Å². The third kappa shape index (κ3) is 8.43. The van der Waals surface area contributed by atoms with Crippen molar-refractivity contribution in [2.45, 2.75) is 77.0 Å². The minimum absolute atomic E-state index is 0.778. The van der Waals surface area contributed by atoms with E-state index < -0.39 is 0 Å². The van der Waals surface area contributed by atoms with Crippen LogP contribution in [0.3, 0.4) is 0 Å². The van der Waals surface area contributed by atoms with Crippen molar-refractivity contribution in [3.8, 4) is 23.7 Å². The van der Waals surface area contributed by atoms with Crippen molar-refractivity contribution < 1.29 is 0 Å². The van der Waals surface area contributed by atoms with Crippen LogP contribution >= 0.6 is 0 Å². The first-order valence-electron chi connectivity index (χ1n) is 6.91. The molecule has 0 unspecified atom stereocenters. The lowest BCUT2D eigenvalue weighted by atomic mass is 10.1. The Balaban J connectivity index is 2.20. The predicted molar refractivity (Wildman–Crippen MR) is 71.0 cm³/mol. The summed E-state index contributed by atoms with van der Waals surface area (Å²) in [6, 6.07) is 0. The summed E-state index contributed by atoms with van der Waals surface area (Å²) in [6.07, 6.45) is 15.3. The summed E-state index contributed by atoms with van der Waals surface area (Å²) in [4.78, 5) is 0. The van der Waals surface area contributed by atoms with Gasteiger partial charge in [-0.25, -0.2) is 0 Å². The van der Waals surface area contributed by atoms with Gasteiger partial charge in [0.2, 0.25) is 0 Å². The van der Waals surface area contributed by atoms with Gasteiger partial charge in [-0.1, -0.05) is 56.8 Å². The van der Waals surface area contributed by atoms with E-state index in [-0.39, 0.29) is 0 Å². The predicted octanol–water partition coefficient (Wildman–Crippen LogP) is 4.69. The first-order valence-corrected chi connectivity index (χ1v) is 6.91. The maximum atomic E-state index is 3.21. The summed E-state index contributed by atoms with van der Waals surface area (Å²) in [6.45, 7) is 0. The molecule has 0 aromatic heterocycles. The van der Waals surface area contributed by atoms with Gasteiger partial charge in [-0.3, -0.25) is 0 Å². The molecule has 0 bridgehead atoms. The molecular formula is C16H24. The minimum atomic E-state index is 0.778. The highest BCUT2D eigenvalue weighted by molar-refractivity contribution is 5.11. The minimum Gasteiger partial charge on any atom is -0.102 e. The zero-order valence-electron chi connectivity index (χ0n) is 10.5. The highest BCUT2D eigenvalue weighted by Crippen LogP contribution is 2.11. The molecule has 16 heavy (non-hydrogen) atoms. The molecular weight excluding hydrogens is 192 g/mol. The SMILES string of the molecule is C1#CCCCCCCCCCCCC#CC1. The largest absolute Gasteiger partial charge is 0.102 e. The highest BCUT2D eigenvalue weighted by Gasteiger charge is 1.92. The molecule has 0 aliphatic heterocycles. The molecule has 88 valence electrons. The third-order valence-electron chi connectivity index (χ3n) is 3.03. The third-order valence-corrected chi connectivity index (χ3v) is 3.03. The molecule has 1 aliphatic rings. The molecule has 0 spiro atoms. The molecule has 1 rings (SSSR count). The average molecular weight is 216 g/mol. The van der Waals surface area contributed by atoms with E-state index in [4.69, 9.17) is 0 Å². The summed E-state index contributed by atoms with van der Waals surface area (Å²) < 4.78 is 0. The quantitative estimate of drug-likeness (QED) is 0.515. The summed E-state index contributed by atoms with van der Waals surface area (Å²) in [5, 5.41) is 0.